The van der Waals surface area contributed by atoms with E-state index < -0.39 is 6.10 Å². The van der Waals surface area contributed by atoms with Gasteiger partial charge in [-0.1, -0.05) is 6.07 Å². The summed E-state index contributed by atoms with van der Waals surface area (Å²) in [7, 11) is 0. The second-order valence-electron chi connectivity index (χ2n) is 5.74. The zero-order chi connectivity index (χ0) is 16.2. The van der Waals surface area contributed by atoms with Gasteiger partial charge in [-0.25, -0.2) is 4.98 Å². The predicted molar refractivity (Wildman–Crippen MR) is 91.9 cm³/mol. The molecule has 1 saturated heterocycles. The number of hydrogen-bond acceptors (Lipinski definition) is 5. The van der Waals surface area contributed by atoms with Crippen LogP contribution < -0.4 is 4.90 Å². The maximum absolute atomic E-state index is 12.5. The van der Waals surface area contributed by atoms with E-state index in [1.54, 1.807) is 18.3 Å². The number of thiophene rings is 1. The first kappa shape index (κ1) is 16.0. The van der Waals surface area contributed by atoms with Crippen molar-refractivity contribution in [3.63, 3.8) is 0 Å². The molecule has 0 spiro atoms. The van der Waals surface area contributed by atoms with Gasteiger partial charge in [-0.05, 0) is 36.9 Å². The lowest BCUT2D eigenvalue weighted by Gasteiger charge is -2.23. The van der Waals surface area contributed by atoms with Crippen molar-refractivity contribution in [2.24, 2.45) is 0 Å². The third-order valence-electron chi connectivity index (χ3n) is 4.06. The molecule has 23 heavy (non-hydrogen) atoms. The largest absolute Gasteiger partial charge is 0.387 e. The van der Waals surface area contributed by atoms with Gasteiger partial charge in [-0.15, -0.1) is 0 Å². The van der Waals surface area contributed by atoms with E-state index >= 15 is 0 Å². The van der Waals surface area contributed by atoms with Crippen LogP contribution in [0.2, 0.25) is 0 Å². The molecule has 1 atom stereocenters. The Kier molecular flexibility index (Phi) is 4.93. The van der Waals surface area contributed by atoms with Crippen molar-refractivity contribution in [1.82, 2.24) is 9.88 Å². The topological polar surface area (TPSA) is 56.7 Å². The zero-order valence-electron chi connectivity index (χ0n) is 13.2. The highest BCUT2D eigenvalue weighted by molar-refractivity contribution is 7.08. The van der Waals surface area contributed by atoms with Crippen molar-refractivity contribution in [2.45, 2.75) is 19.4 Å². The van der Waals surface area contributed by atoms with Gasteiger partial charge in [0.25, 0.3) is 5.91 Å². The van der Waals surface area contributed by atoms with E-state index in [0.29, 0.717) is 12.2 Å². The van der Waals surface area contributed by atoms with E-state index in [4.69, 9.17) is 0 Å². The Hall–Kier alpha value is -1.92. The molecule has 6 heteroatoms. The summed E-state index contributed by atoms with van der Waals surface area (Å²) in [4.78, 5) is 21.1. The van der Waals surface area contributed by atoms with E-state index in [0.717, 1.165) is 37.4 Å². The molecule has 122 valence electrons. The number of amides is 1. The van der Waals surface area contributed by atoms with Crippen LogP contribution in [0.1, 0.15) is 35.5 Å². The fourth-order valence-corrected chi connectivity index (χ4v) is 3.40. The number of carbonyl (C=O) groups is 1. The van der Waals surface area contributed by atoms with Crippen LogP contribution in [0, 0.1) is 0 Å². The highest BCUT2D eigenvalue weighted by Gasteiger charge is 2.21. The quantitative estimate of drug-likeness (QED) is 0.939. The van der Waals surface area contributed by atoms with Crippen LogP contribution in [-0.2, 0) is 0 Å². The van der Waals surface area contributed by atoms with Crippen molar-refractivity contribution in [3.8, 4) is 0 Å². The molecule has 0 aromatic carbocycles. The van der Waals surface area contributed by atoms with Crippen molar-refractivity contribution < 1.29 is 9.90 Å². The number of rotatable bonds is 3. The maximum Gasteiger partial charge on any atom is 0.254 e. The molecule has 1 amide bonds. The van der Waals surface area contributed by atoms with Crippen molar-refractivity contribution >= 4 is 23.1 Å². The fourth-order valence-electron chi connectivity index (χ4n) is 2.77. The summed E-state index contributed by atoms with van der Waals surface area (Å²) in [6.45, 7) is 4.79. The van der Waals surface area contributed by atoms with E-state index in [1.165, 1.54) is 0 Å². The summed E-state index contributed by atoms with van der Waals surface area (Å²) in [5.74, 6) is 0.979. The Morgan fingerprint density at radius 2 is 2.13 bits per heavy atom. The first-order valence-electron chi connectivity index (χ1n) is 7.86. The van der Waals surface area contributed by atoms with Crippen LogP contribution in [0.5, 0.6) is 0 Å². The van der Waals surface area contributed by atoms with E-state index in [2.05, 4.69) is 9.88 Å². The molecule has 0 aliphatic carbocycles. The number of hydrogen-bond donors (Lipinski definition) is 1. The van der Waals surface area contributed by atoms with Gasteiger partial charge in [0.05, 0.1) is 17.4 Å². The van der Waals surface area contributed by atoms with Crippen LogP contribution in [0.15, 0.2) is 35.0 Å². The Morgan fingerprint density at radius 1 is 1.26 bits per heavy atom. The third kappa shape index (κ3) is 3.71. The van der Waals surface area contributed by atoms with Crippen molar-refractivity contribution in [2.75, 3.05) is 31.1 Å². The number of anilines is 1. The van der Waals surface area contributed by atoms with Crippen LogP contribution in [-0.4, -0.2) is 47.1 Å². The summed E-state index contributed by atoms with van der Waals surface area (Å²) in [5.41, 5.74) is 1.45. The molecular formula is C17H21N3O2S. The van der Waals surface area contributed by atoms with Gasteiger partial charge in [0.2, 0.25) is 0 Å². The van der Waals surface area contributed by atoms with E-state index in [1.807, 2.05) is 39.9 Å². The smallest absolute Gasteiger partial charge is 0.254 e. The zero-order valence-corrected chi connectivity index (χ0v) is 14.0. The molecule has 1 N–H and O–H groups in total. The number of nitrogens with zero attached hydrogens (tertiary/aromatic N) is 3. The van der Waals surface area contributed by atoms with Gasteiger partial charge in [0.1, 0.15) is 5.82 Å². The van der Waals surface area contributed by atoms with Gasteiger partial charge < -0.3 is 14.9 Å². The third-order valence-corrected chi connectivity index (χ3v) is 4.74. The number of aromatic nitrogens is 1. The molecule has 0 bridgehead atoms. The molecule has 3 heterocycles. The molecule has 1 unspecified atom stereocenters. The highest BCUT2D eigenvalue weighted by atomic mass is 32.1. The molecule has 2 aromatic rings. The molecular weight excluding hydrogens is 310 g/mol. The SMILES string of the molecule is CC(O)c1cccc(N2CCCN(C(=O)c3ccsc3)CC2)n1. The second kappa shape index (κ2) is 7.10. The number of aliphatic hydroxyl groups excluding tert-OH is 1. The van der Waals surface area contributed by atoms with Crippen LogP contribution >= 0.6 is 11.3 Å². The van der Waals surface area contributed by atoms with Crippen molar-refractivity contribution in [3.05, 3.63) is 46.3 Å². The standard InChI is InChI=1S/C17H21N3O2S/c1-13(21)15-4-2-5-16(18-15)19-7-3-8-20(10-9-19)17(22)14-6-11-23-12-14/h2,4-6,11-13,21H,3,7-10H2,1H3. The van der Waals surface area contributed by atoms with Gasteiger partial charge in [0.15, 0.2) is 0 Å². The van der Waals surface area contributed by atoms with Crippen LogP contribution in [0.4, 0.5) is 5.82 Å². The monoisotopic (exact) mass is 331 g/mol. The molecule has 3 rings (SSSR count). The Morgan fingerprint density at radius 3 is 2.87 bits per heavy atom. The Labute approximate surface area is 140 Å². The number of carbonyl (C=O) groups excluding carboxylic acids is 1. The second-order valence-corrected chi connectivity index (χ2v) is 6.52. The Balaban J connectivity index is 1.69. The molecule has 0 saturated carbocycles. The summed E-state index contributed by atoms with van der Waals surface area (Å²) < 4.78 is 0. The summed E-state index contributed by atoms with van der Waals surface area (Å²) in [6, 6.07) is 7.59. The normalized spacial score (nSPS) is 17.0. The van der Waals surface area contributed by atoms with Crippen LogP contribution in [0.25, 0.3) is 0 Å². The average molecular weight is 331 g/mol. The minimum Gasteiger partial charge on any atom is -0.387 e. The summed E-state index contributed by atoms with van der Waals surface area (Å²) >= 11 is 1.55. The lowest BCUT2D eigenvalue weighted by molar-refractivity contribution is 0.0767. The maximum atomic E-state index is 12.5. The summed E-state index contributed by atoms with van der Waals surface area (Å²) in [6.07, 6.45) is 0.342. The lowest BCUT2D eigenvalue weighted by atomic mass is 10.2. The van der Waals surface area contributed by atoms with Gasteiger partial charge in [0, 0.05) is 31.6 Å². The number of pyridine rings is 1. The molecule has 2 aromatic heterocycles. The van der Waals surface area contributed by atoms with E-state index in [-0.39, 0.29) is 5.91 Å². The first-order valence-corrected chi connectivity index (χ1v) is 8.81. The summed E-state index contributed by atoms with van der Waals surface area (Å²) in [5, 5.41) is 13.5. The van der Waals surface area contributed by atoms with Crippen molar-refractivity contribution in [1.29, 1.82) is 0 Å². The minimum atomic E-state index is -0.571. The lowest BCUT2D eigenvalue weighted by Crippen LogP contribution is -2.35. The Bertz CT molecular complexity index is 658. The van der Waals surface area contributed by atoms with Crippen LogP contribution in [0.3, 0.4) is 0 Å². The molecule has 1 aliphatic heterocycles. The highest BCUT2D eigenvalue weighted by Crippen LogP contribution is 2.18. The molecule has 5 nitrogen and oxygen atoms in total. The fraction of sp³-hybridized carbons (Fsp3) is 0.412. The molecule has 1 aliphatic rings. The average Bonchev–Trinajstić information content (AvgIpc) is 2.99. The van der Waals surface area contributed by atoms with Gasteiger partial charge in [-0.3, -0.25) is 4.79 Å². The van der Waals surface area contributed by atoms with E-state index in [9.17, 15) is 9.90 Å². The van der Waals surface area contributed by atoms with Gasteiger partial charge >= 0.3 is 0 Å². The molecule has 0 radical (unpaired) electrons. The van der Waals surface area contributed by atoms with Gasteiger partial charge in [-0.2, -0.15) is 11.3 Å². The molecule has 1 fully saturated rings. The number of aliphatic hydroxyl groups is 1. The minimum absolute atomic E-state index is 0.110. The predicted octanol–water partition coefficient (Wildman–Crippen LogP) is 2.55. The first-order chi connectivity index (χ1) is 11.1.